The summed E-state index contributed by atoms with van der Waals surface area (Å²) in [6, 6.07) is 1.88. The van der Waals surface area contributed by atoms with Crippen LogP contribution in [0.5, 0.6) is 0 Å². The third-order valence-electron chi connectivity index (χ3n) is 3.20. The molecule has 106 valence electrons. The topological polar surface area (TPSA) is 75.4 Å². The maximum absolute atomic E-state index is 12.3. The second-order valence-corrected chi connectivity index (χ2v) is 5.09. The highest BCUT2D eigenvalue weighted by atomic mass is 16.4. The van der Waals surface area contributed by atoms with E-state index in [1.165, 1.54) is 18.7 Å². The SMILES string of the molecule is CCN(C(=O)Cn1nc(C)cc1C)C(C)(C)C(=O)O. The molecule has 1 heterocycles. The van der Waals surface area contributed by atoms with Gasteiger partial charge in [-0.05, 0) is 40.7 Å². The maximum atomic E-state index is 12.3. The van der Waals surface area contributed by atoms with Gasteiger partial charge in [-0.1, -0.05) is 0 Å². The van der Waals surface area contributed by atoms with Gasteiger partial charge >= 0.3 is 5.97 Å². The number of carbonyl (C=O) groups excluding carboxylic acids is 1. The summed E-state index contributed by atoms with van der Waals surface area (Å²) in [6.07, 6.45) is 0. The molecule has 0 saturated carbocycles. The Morgan fingerprint density at radius 3 is 2.37 bits per heavy atom. The predicted octanol–water partition coefficient (Wildman–Crippen LogP) is 1.21. The number of rotatable bonds is 5. The third kappa shape index (κ3) is 3.13. The fourth-order valence-electron chi connectivity index (χ4n) is 2.05. The second-order valence-electron chi connectivity index (χ2n) is 5.09. The first-order chi connectivity index (χ1) is 8.70. The number of amides is 1. The molecule has 1 amide bonds. The molecule has 1 rings (SSSR count). The van der Waals surface area contributed by atoms with Crippen molar-refractivity contribution in [3.63, 3.8) is 0 Å². The van der Waals surface area contributed by atoms with Crippen molar-refractivity contribution in [2.45, 2.75) is 46.7 Å². The number of aryl methyl sites for hydroxylation is 2. The van der Waals surface area contributed by atoms with Crippen LogP contribution in [0.1, 0.15) is 32.2 Å². The molecule has 0 aliphatic carbocycles. The molecule has 1 N–H and O–H groups in total. The van der Waals surface area contributed by atoms with E-state index >= 15 is 0 Å². The van der Waals surface area contributed by atoms with Crippen molar-refractivity contribution in [2.24, 2.45) is 0 Å². The zero-order chi connectivity index (χ0) is 14.8. The first kappa shape index (κ1) is 15.2. The Hall–Kier alpha value is -1.85. The van der Waals surface area contributed by atoms with Crippen LogP contribution in [0, 0.1) is 13.8 Å². The van der Waals surface area contributed by atoms with Crippen molar-refractivity contribution in [3.05, 3.63) is 17.5 Å². The van der Waals surface area contributed by atoms with Gasteiger partial charge in [0.25, 0.3) is 0 Å². The lowest BCUT2D eigenvalue weighted by Crippen LogP contribution is -2.53. The van der Waals surface area contributed by atoms with Crippen LogP contribution in [0.3, 0.4) is 0 Å². The van der Waals surface area contributed by atoms with E-state index in [0.717, 1.165) is 11.4 Å². The van der Waals surface area contributed by atoms with Gasteiger partial charge in [0.15, 0.2) is 0 Å². The van der Waals surface area contributed by atoms with Crippen molar-refractivity contribution in [1.82, 2.24) is 14.7 Å². The number of likely N-dealkylation sites (N-methyl/N-ethyl adjacent to an activating group) is 1. The Bertz CT molecular complexity index is 491. The van der Waals surface area contributed by atoms with Gasteiger partial charge in [-0.15, -0.1) is 0 Å². The van der Waals surface area contributed by atoms with Crippen molar-refractivity contribution in [3.8, 4) is 0 Å². The van der Waals surface area contributed by atoms with E-state index in [9.17, 15) is 14.7 Å². The molecule has 0 aromatic carbocycles. The molecule has 0 saturated heterocycles. The molecule has 0 radical (unpaired) electrons. The van der Waals surface area contributed by atoms with Crippen LogP contribution in [-0.4, -0.2) is 43.7 Å². The van der Waals surface area contributed by atoms with E-state index < -0.39 is 11.5 Å². The van der Waals surface area contributed by atoms with E-state index in [1.54, 1.807) is 11.6 Å². The van der Waals surface area contributed by atoms with Gasteiger partial charge < -0.3 is 10.0 Å². The Morgan fingerprint density at radius 1 is 1.42 bits per heavy atom. The highest BCUT2D eigenvalue weighted by Gasteiger charge is 2.36. The minimum absolute atomic E-state index is 0.0597. The van der Waals surface area contributed by atoms with Gasteiger partial charge in [-0.3, -0.25) is 9.48 Å². The molecule has 19 heavy (non-hydrogen) atoms. The number of carboxylic acids is 1. The summed E-state index contributed by atoms with van der Waals surface area (Å²) in [5, 5.41) is 13.4. The summed E-state index contributed by atoms with van der Waals surface area (Å²) in [4.78, 5) is 24.8. The molecular weight excluding hydrogens is 246 g/mol. The highest BCUT2D eigenvalue weighted by Crippen LogP contribution is 2.15. The number of carboxylic acid groups (broad SMARTS) is 1. The van der Waals surface area contributed by atoms with Gasteiger partial charge in [0, 0.05) is 12.2 Å². The van der Waals surface area contributed by atoms with Crippen LogP contribution in [0.25, 0.3) is 0 Å². The second kappa shape index (κ2) is 5.42. The molecule has 0 atom stereocenters. The molecule has 0 unspecified atom stereocenters. The number of aliphatic carboxylic acids is 1. The summed E-state index contributed by atoms with van der Waals surface area (Å²) >= 11 is 0. The van der Waals surface area contributed by atoms with Crippen molar-refractivity contribution in [1.29, 1.82) is 0 Å². The highest BCUT2D eigenvalue weighted by molar-refractivity contribution is 5.86. The number of carbonyl (C=O) groups is 2. The third-order valence-corrected chi connectivity index (χ3v) is 3.20. The molecule has 6 heteroatoms. The lowest BCUT2D eigenvalue weighted by atomic mass is 10.0. The van der Waals surface area contributed by atoms with Crippen LogP contribution in [-0.2, 0) is 16.1 Å². The monoisotopic (exact) mass is 267 g/mol. The molecule has 0 fully saturated rings. The average Bonchev–Trinajstić information content (AvgIpc) is 2.57. The van der Waals surface area contributed by atoms with Gasteiger partial charge in [-0.25, -0.2) is 4.79 Å². The first-order valence-electron chi connectivity index (χ1n) is 6.25. The summed E-state index contributed by atoms with van der Waals surface area (Å²) in [5.74, 6) is -1.27. The summed E-state index contributed by atoms with van der Waals surface area (Å²) in [6.45, 7) is 8.94. The zero-order valence-electron chi connectivity index (χ0n) is 12.1. The standard InChI is InChI=1S/C13H21N3O3/c1-6-15(13(4,5)12(18)19)11(17)8-16-10(3)7-9(2)14-16/h7H,6,8H2,1-5H3,(H,18,19). The molecule has 0 aliphatic heterocycles. The predicted molar refractivity (Wildman–Crippen MR) is 70.8 cm³/mol. The van der Waals surface area contributed by atoms with Crippen molar-refractivity contribution >= 4 is 11.9 Å². The largest absolute Gasteiger partial charge is 0.480 e. The van der Waals surface area contributed by atoms with E-state index in [1.807, 2.05) is 19.9 Å². The van der Waals surface area contributed by atoms with E-state index in [0.29, 0.717) is 6.54 Å². The summed E-state index contributed by atoms with van der Waals surface area (Å²) < 4.78 is 1.60. The van der Waals surface area contributed by atoms with Gasteiger partial charge in [0.2, 0.25) is 5.91 Å². The normalized spacial score (nSPS) is 11.4. The van der Waals surface area contributed by atoms with E-state index in [2.05, 4.69) is 5.10 Å². The Morgan fingerprint density at radius 2 is 2.00 bits per heavy atom. The Labute approximate surface area is 113 Å². The Kier molecular flexibility index (Phi) is 4.34. The van der Waals surface area contributed by atoms with Gasteiger partial charge in [-0.2, -0.15) is 5.10 Å². The Balaban J connectivity index is 2.92. The average molecular weight is 267 g/mol. The lowest BCUT2D eigenvalue weighted by Gasteiger charge is -2.34. The molecule has 1 aromatic heterocycles. The number of aromatic nitrogens is 2. The number of hydrogen-bond donors (Lipinski definition) is 1. The van der Waals surface area contributed by atoms with Gasteiger partial charge in [0.05, 0.1) is 5.69 Å². The van der Waals surface area contributed by atoms with E-state index in [-0.39, 0.29) is 12.5 Å². The maximum Gasteiger partial charge on any atom is 0.329 e. The fraction of sp³-hybridized carbons (Fsp3) is 0.615. The molecule has 0 bridgehead atoms. The minimum atomic E-state index is -1.22. The molecular formula is C13H21N3O3. The molecule has 6 nitrogen and oxygen atoms in total. The van der Waals surface area contributed by atoms with Crippen molar-refractivity contribution in [2.75, 3.05) is 6.54 Å². The van der Waals surface area contributed by atoms with Crippen LogP contribution in [0.2, 0.25) is 0 Å². The van der Waals surface area contributed by atoms with Crippen LogP contribution in [0.15, 0.2) is 6.07 Å². The van der Waals surface area contributed by atoms with E-state index in [4.69, 9.17) is 0 Å². The fourth-order valence-corrected chi connectivity index (χ4v) is 2.05. The lowest BCUT2D eigenvalue weighted by molar-refractivity contribution is -0.157. The number of hydrogen-bond acceptors (Lipinski definition) is 3. The summed E-state index contributed by atoms with van der Waals surface area (Å²) in [5.41, 5.74) is 0.503. The first-order valence-corrected chi connectivity index (χ1v) is 6.25. The minimum Gasteiger partial charge on any atom is -0.480 e. The number of nitrogens with zero attached hydrogens (tertiary/aromatic N) is 3. The molecule has 0 aliphatic rings. The van der Waals surface area contributed by atoms with Crippen molar-refractivity contribution < 1.29 is 14.7 Å². The quantitative estimate of drug-likeness (QED) is 0.870. The van der Waals surface area contributed by atoms with Gasteiger partial charge in [0.1, 0.15) is 12.1 Å². The smallest absolute Gasteiger partial charge is 0.329 e. The molecule has 1 aromatic rings. The molecule has 0 spiro atoms. The van der Waals surface area contributed by atoms with Crippen LogP contribution in [0.4, 0.5) is 0 Å². The zero-order valence-corrected chi connectivity index (χ0v) is 12.1. The summed E-state index contributed by atoms with van der Waals surface area (Å²) in [7, 11) is 0. The van der Waals surface area contributed by atoms with Crippen LogP contribution < -0.4 is 0 Å². The van der Waals surface area contributed by atoms with Crippen LogP contribution >= 0.6 is 0 Å².